The topological polar surface area (TPSA) is 66.7 Å². The molecule has 0 bridgehead atoms. The minimum Gasteiger partial charge on any atom is -0.362 e. The lowest BCUT2D eigenvalue weighted by molar-refractivity contribution is -0.138. The molecule has 0 saturated carbocycles. The van der Waals surface area contributed by atoms with Crippen LogP contribution in [-0.2, 0) is 22.8 Å². The van der Waals surface area contributed by atoms with Gasteiger partial charge in [-0.15, -0.1) is 0 Å². The highest BCUT2D eigenvalue weighted by atomic mass is 19.4. The van der Waals surface area contributed by atoms with E-state index < -0.39 is 17.2 Å². The fourth-order valence-electron chi connectivity index (χ4n) is 5.87. The van der Waals surface area contributed by atoms with Crippen molar-refractivity contribution in [2.24, 2.45) is 15.6 Å². The summed E-state index contributed by atoms with van der Waals surface area (Å²) in [7, 11) is 0. The lowest BCUT2D eigenvalue weighted by atomic mass is 9.58. The minimum atomic E-state index is -4.48. The summed E-state index contributed by atoms with van der Waals surface area (Å²) in [6, 6.07) is 9.87. The highest BCUT2D eigenvalue weighted by molar-refractivity contribution is 6.01. The summed E-state index contributed by atoms with van der Waals surface area (Å²) in [5, 5.41) is 12.0. The predicted molar refractivity (Wildman–Crippen MR) is 125 cm³/mol. The van der Waals surface area contributed by atoms with Gasteiger partial charge in [-0.05, 0) is 41.5 Å². The molecule has 8 heteroatoms. The summed E-state index contributed by atoms with van der Waals surface area (Å²) in [5.74, 6) is 0.0892. The van der Waals surface area contributed by atoms with E-state index in [0.29, 0.717) is 18.4 Å². The van der Waals surface area contributed by atoms with E-state index in [1.165, 1.54) is 12.3 Å². The number of fused-ring (bicyclic) bond motifs is 1. The van der Waals surface area contributed by atoms with E-state index in [-0.39, 0.29) is 29.5 Å². The lowest BCUT2D eigenvalue weighted by Gasteiger charge is -2.47. The number of aromatic nitrogens is 1. The molecule has 1 aromatic heterocycles. The lowest BCUT2D eigenvalue weighted by Crippen LogP contribution is -2.51. The van der Waals surface area contributed by atoms with Crippen LogP contribution in [-0.4, -0.2) is 16.9 Å². The number of ketones is 1. The number of hydrogen-bond donors (Lipinski definition) is 1. The SMILES string of the molecule is CC[C@@]1(c2cccc(Cc3ncccc3C(F)(F)F)c2)C2=CN=NC2NC2=C1C(=O)CC(C)(C)C2. The normalized spacial score (nSPS) is 25.1. The van der Waals surface area contributed by atoms with Gasteiger partial charge in [0.05, 0.1) is 22.9 Å². The first kappa shape index (κ1) is 23.5. The number of carbonyl (C=O) groups is 1. The van der Waals surface area contributed by atoms with Gasteiger partial charge in [-0.3, -0.25) is 9.78 Å². The number of alkyl halides is 3. The monoisotopic (exact) mass is 480 g/mol. The quantitative estimate of drug-likeness (QED) is 0.562. The Morgan fingerprint density at radius 2 is 1.94 bits per heavy atom. The Bertz CT molecular complexity index is 1290. The zero-order valence-electron chi connectivity index (χ0n) is 19.9. The van der Waals surface area contributed by atoms with Crippen LogP contribution >= 0.6 is 0 Å². The molecule has 0 fully saturated rings. The van der Waals surface area contributed by atoms with Crippen LogP contribution in [0.2, 0.25) is 0 Å². The summed E-state index contributed by atoms with van der Waals surface area (Å²) in [4.78, 5) is 17.6. The molecule has 2 aliphatic heterocycles. The predicted octanol–water partition coefficient (Wildman–Crippen LogP) is 6.26. The third-order valence-corrected chi connectivity index (χ3v) is 7.30. The average molecular weight is 481 g/mol. The number of hydrogen-bond acceptors (Lipinski definition) is 5. The molecule has 3 heterocycles. The fraction of sp³-hybridized carbons (Fsp3) is 0.407. The van der Waals surface area contributed by atoms with Gasteiger partial charge in [0.25, 0.3) is 0 Å². The number of allylic oxidation sites excluding steroid dienone is 2. The fourth-order valence-corrected chi connectivity index (χ4v) is 5.87. The smallest absolute Gasteiger partial charge is 0.362 e. The number of nitrogens with zero attached hydrogens (tertiary/aromatic N) is 3. The first-order valence-electron chi connectivity index (χ1n) is 11.8. The molecule has 35 heavy (non-hydrogen) atoms. The minimum absolute atomic E-state index is 0.0219. The van der Waals surface area contributed by atoms with Crippen molar-refractivity contribution in [3.05, 3.63) is 88.0 Å². The van der Waals surface area contributed by atoms with E-state index in [4.69, 9.17) is 0 Å². The first-order chi connectivity index (χ1) is 16.5. The Balaban J connectivity index is 1.64. The maximum atomic E-state index is 13.6. The maximum Gasteiger partial charge on any atom is 0.418 e. The van der Waals surface area contributed by atoms with Crippen LogP contribution in [0, 0.1) is 5.41 Å². The van der Waals surface area contributed by atoms with Gasteiger partial charge in [0.2, 0.25) is 0 Å². The second kappa shape index (κ2) is 8.14. The van der Waals surface area contributed by atoms with Gasteiger partial charge in [0.15, 0.2) is 11.9 Å². The summed E-state index contributed by atoms with van der Waals surface area (Å²) in [6.07, 6.45) is 0.0662. The molecule has 2 aromatic rings. The van der Waals surface area contributed by atoms with Gasteiger partial charge in [-0.1, -0.05) is 45.0 Å². The average Bonchev–Trinajstić information content (AvgIpc) is 3.25. The van der Waals surface area contributed by atoms with Crippen LogP contribution in [0.25, 0.3) is 0 Å². The largest absolute Gasteiger partial charge is 0.418 e. The van der Waals surface area contributed by atoms with E-state index in [1.54, 1.807) is 12.3 Å². The highest BCUT2D eigenvalue weighted by Crippen LogP contribution is 2.53. The molecule has 5 nitrogen and oxygen atoms in total. The summed E-state index contributed by atoms with van der Waals surface area (Å²) < 4.78 is 40.7. The Kier molecular flexibility index (Phi) is 5.45. The van der Waals surface area contributed by atoms with E-state index in [2.05, 4.69) is 34.4 Å². The molecular formula is C27H27F3N4O. The Morgan fingerprint density at radius 1 is 1.14 bits per heavy atom. The first-order valence-corrected chi connectivity index (χ1v) is 11.8. The van der Waals surface area contributed by atoms with E-state index >= 15 is 0 Å². The molecule has 0 radical (unpaired) electrons. The molecule has 1 aliphatic carbocycles. The molecule has 1 N–H and O–H groups in total. The number of halogens is 3. The van der Waals surface area contributed by atoms with Crippen LogP contribution in [0.5, 0.6) is 0 Å². The van der Waals surface area contributed by atoms with E-state index in [9.17, 15) is 18.0 Å². The third-order valence-electron chi connectivity index (χ3n) is 7.30. The maximum absolute atomic E-state index is 13.6. The van der Waals surface area contributed by atoms with E-state index in [0.717, 1.165) is 34.9 Å². The second-order valence-corrected chi connectivity index (χ2v) is 10.3. The van der Waals surface area contributed by atoms with Crippen LogP contribution in [0.15, 0.2) is 75.9 Å². The molecule has 2 atom stereocenters. The van der Waals surface area contributed by atoms with Gasteiger partial charge in [0, 0.05) is 35.9 Å². The highest BCUT2D eigenvalue weighted by Gasteiger charge is 2.53. The van der Waals surface area contributed by atoms with Crippen molar-refractivity contribution in [2.75, 3.05) is 0 Å². The molecule has 182 valence electrons. The van der Waals surface area contributed by atoms with Crippen LogP contribution < -0.4 is 5.32 Å². The number of carbonyl (C=O) groups excluding carboxylic acids is 1. The molecule has 1 aromatic carbocycles. The van der Waals surface area contributed by atoms with E-state index in [1.807, 2.05) is 25.1 Å². The van der Waals surface area contributed by atoms with Crippen LogP contribution in [0.4, 0.5) is 13.2 Å². The van der Waals surface area contributed by atoms with Gasteiger partial charge >= 0.3 is 6.18 Å². The van der Waals surface area contributed by atoms with Crippen LogP contribution in [0.1, 0.15) is 62.4 Å². The van der Waals surface area contributed by atoms with Crippen LogP contribution in [0.3, 0.4) is 0 Å². The molecule has 0 amide bonds. The summed E-state index contributed by atoms with van der Waals surface area (Å²) >= 11 is 0. The summed E-state index contributed by atoms with van der Waals surface area (Å²) in [6.45, 7) is 6.20. The number of azo groups is 1. The van der Waals surface area contributed by atoms with Crippen molar-refractivity contribution < 1.29 is 18.0 Å². The van der Waals surface area contributed by atoms with Crippen molar-refractivity contribution in [1.82, 2.24) is 10.3 Å². The number of rotatable bonds is 4. The van der Waals surface area contributed by atoms with Gasteiger partial charge in [0.1, 0.15) is 0 Å². The molecule has 1 unspecified atom stereocenters. The number of nitrogens with one attached hydrogen (secondary N) is 1. The van der Waals surface area contributed by atoms with Crippen molar-refractivity contribution >= 4 is 5.78 Å². The van der Waals surface area contributed by atoms with Gasteiger partial charge in [-0.25, -0.2) is 0 Å². The molecule has 0 spiro atoms. The van der Waals surface area contributed by atoms with Crippen molar-refractivity contribution in [3.63, 3.8) is 0 Å². The molecular weight excluding hydrogens is 453 g/mol. The van der Waals surface area contributed by atoms with Crippen molar-refractivity contribution in [1.29, 1.82) is 0 Å². The number of Topliss-reactive ketones (excluding diaryl/α,β-unsaturated/α-hetero) is 1. The van der Waals surface area contributed by atoms with Crippen molar-refractivity contribution in [2.45, 2.75) is 64.2 Å². The zero-order chi connectivity index (χ0) is 25.0. The van der Waals surface area contributed by atoms with Gasteiger partial charge in [-0.2, -0.15) is 23.4 Å². The third kappa shape index (κ3) is 3.89. The summed E-state index contributed by atoms with van der Waals surface area (Å²) in [5.41, 5.74) is 2.43. The molecule has 3 aliphatic rings. The Morgan fingerprint density at radius 3 is 2.69 bits per heavy atom. The molecule has 5 rings (SSSR count). The Labute approximate surface area is 202 Å². The zero-order valence-corrected chi connectivity index (χ0v) is 19.9. The molecule has 0 saturated heterocycles. The Hall–Kier alpha value is -3.29. The number of pyridine rings is 1. The number of benzene rings is 1. The van der Waals surface area contributed by atoms with Gasteiger partial charge < -0.3 is 5.32 Å². The second-order valence-electron chi connectivity index (χ2n) is 10.3. The standard InChI is InChI=1S/C27H27F3N4O/c1-4-26(19-15-32-34-24(19)33-21-13-25(2,3)14-22(35)23(21)26)17-8-5-7-16(11-17)12-20-18(27(28,29)30)9-6-10-31-20/h5-11,15,24,33H,4,12-14H2,1-3H3/t24?,26-/m1/s1. The van der Waals surface area contributed by atoms with Crippen molar-refractivity contribution in [3.8, 4) is 0 Å².